The summed E-state index contributed by atoms with van der Waals surface area (Å²) < 4.78 is 5.31. The fourth-order valence-corrected chi connectivity index (χ4v) is 3.42. The number of rotatable bonds is 5. The molecule has 1 amide bonds. The molecule has 150 valence electrons. The van der Waals surface area contributed by atoms with Gasteiger partial charge in [-0.15, -0.1) is 0 Å². The maximum atomic E-state index is 12.9. The van der Waals surface area contributed by atoms with E-state index in [1.54, 1.807) is 30.5 Å². The Labute approximate surface area is 170 Å². The van der Waals surface area contributed by atoms with Gasteiger partial charge in [0.05, 0.1) is 29.3 Å². The minimum atomic E-state index is -0.928. The maximum absolute atomic E-state index is 12.9. The van der Waals surface area contributed by atoms with Crippen molar-refractivity contribution in [1.82, 2.24) is 9.88 Å². The number of amides is 1. The number of nitro groups is 1. The summed E-state index contributed by atoms with van der Waals surface area (Å²) >= 11 is 0. The van der Waals surface area contributed by atoms with Crippen LogP contribution in [0.25, 0.3) is 5.76 Å². The molecule has 0 spiro atoms. The van der Waals surface area contributed by atoms with Crippen LogP contribution in [0.15, 0.2) is 77.2 Å². The van der Waals surface area contributed by atoms with E-state index in [0.29, 0.717) is 11.3 Å². The molecule has 1 aliphatic heterocycles. The summed E-state index contributed by atoms with van der Waals surface area (Å²) in [6.07, 6.45) is 4.49. The normalized spacial score (nSPS) is 18.0. The molecule has 1 saturated heterocycles. The molecule has 0 radical (unpaired) electrons. The van der Waals surface area contributed by atoms with E-state index in [9.17, 15) is 24.8 Å². The Bertz CT molecular complexity index is 1150. The number of carbonyl (C=O) groups excluding carboxylic acids is 2. The van der Waals surface area contributed by atoms with E-state index in [1.165, 1.54) is 35.6 Å². The van der Waals surface area contributed by atoms with Crippen molar-refractivity contribution in [1.29, 1.82) is 0 Å². The van der Waals surface area contributed by atoms with E-state index in [2.05, 4.69) is 4.98 Å². The largest absolute Gasteiger partial charge is 0.507 e. The molecule has 1 atom stereocenters. The first-order chi connectivity index (χ1) is 14.5. The van der Waals surface area contributed by atoms with Gasteiger partial charge in [0, 0.05) is 30.1 Å². The number of aromatic nitrogens is 1. The van der Waals surface area contributed by atoms with Gasteiger partial charge in [0.25, 0.3) is 17.4 Å². The lowest BCUT2D eigenvalue weighted by atomic mass is 9.96. The quantitative estimate of drug-likeness (QED) is 0.227. The van der Waals surface area contributed by atoms with E-state index in [1.807, 2.05) is 0 Å². The van der Waals surface area contributed by atoms with Gasteiger partial charge in [-0.1, -0.05) is 18.2 Å². The van der Waals surface area contributed by atoms with Crippen molar-refractivity contribution in [2.45, 2.75) is 12.6 Å². The molecule has 1 aliphatic rings. The standard InChI is InChI=1S/C21H15N3O6/c25-19(13-4-1-6-15(10-13)24(28)29)17-18(14-5-2-8-22-11-14)23(21(27)20(17)26)12-16-7-3-9-30-16/h1-11,18,25H,12H2/b19-17-. The molecule has 9 heteroatoms. The predicted molar refractivity (Wildman–Crippen MR) is 104 cm³/mol. The van der Waals surface area contributed by atoms with Gasteiger partial charge >= 0.3 is 0 Å². The number of pyridine rings is 1. The van der Waals surface area contributed by atoms with Crippen LogP contribution in [0.5, 0.6) is 0 Å². The van der Waals surface area contributed by atoms with E-state index in [-0.39, 0.29) is 23.4 Å². The number of Topliss-reactive ketones (excluding diaryl/α,β-unsaturated/α-hetero) is 1. The molecule has 0 aliphatic carbocycles. The number of nitrogens with zero attached hydrogens (tertiary/aromatic N) is 3. The van der Waals surface area contributed by atoms with Crippen LogP contribution < -0.4 is 0 Å². The second-order valence-corrected chi connectivity index (χ2v) is 6.60. The molecule has 1 fully saturated rings. The lowest BCUT2D eigenvalue weighted by molar-refractivity contribution is -0.384. The van der Waals surface area contributed by atoms with Crippen molar-refractivity contribution in [3.63, 3.8) is 0 Å². The first-order valence-electron chi connectivity index (χ1n) is 8.93. The van der Waals surface area contributed by atoms with Crippen molar-refractivity contribution in [2.75, 3.05) is 0 Å². The summed E-state index contributed by atoms with van der Waals surface area (Å²) in [5, 5.41) is 22.0. The van der Waals surface area contributed by atoms with Gasteiger partial charge in [-0.05, 0) is 23.8 Å². The first-order valence-corrected chi connectivity index (χ1v) is 8.93. The van der Waals surface area contributed by atoms with Crippen LogP contribution in [0.2, 0.25) is 0 Å². The van der Waals surface area contributed by atoms with Gasteiger partial charge in [-0.25, -0.2) is 0 Å². The molecule has 9 nitrogen and oxygen atoms in total. The van der Waals surface area contributed by atoms with Crippen LogP contribution in [-0.2, 0) is 16.1 Å². The highest BCUT2D eigenvalue weighted by atomic mass is 16.6. The molecule has 1 N–H and O–H groups in total. The van der Waals surface area contributed by atoms with Crippen molar-refractivity contribution in [3.8, 4) is 0 Å². The fraction of sp³-hybridized carbons (Fsp3) is 0.0952. The van der Waals surface area contributed by atoms with Crippen LogP contribution in [0.3, 0.4) is 0 Å². The lowest BCUT2D eigenvalue weighted by Crippen LogP contribution is -2.29. The number of aliphatic hydroxyl groups excluding tert-OH is 1. The zero-order valence-electron chi connectivity index (χ0n) is 15.5. The van der Waals surface area contributed by atoms with Gasteiger partial charge in [-0.3, -0.25) is 24.7 Å². The summed E-state index contributed by atoms with van der Waals surface area (Å²) in [5.74, 6) is -1.74. The molecule has 1 unspecified atom stereocenters. The van der Waals surface area contributed by atoms with E-state index < -0.39 is 28.4 Å². The highest BCUT2D eigenvalue weighted by Gasteiger charge is 2.46. The molecular formula is C21H15N3O6. The van der Waals surface area contributed by atoms with Gasteiger partial charge < -0.3 is 14.4 Å². The molecule has 3 heterocycles. The highest BCUT2D eigenvalue weighted by Crippen LogP contribution is 2.40. The Hall–Kier alpha value is -4.27. The number of aliphatic hydroxyl groups is 1. The van der Waals surface area contributed by atoms with Crippen molar-refractivity contribution < 1.29 is 24.0 Å². The number of carbonyl (C=O) groups is 2. The van der Waals surface area contributed by atoms with E-state index in [4.69, 9.17) is 4.42 Å². The number of ketones is 1. The Morgan fingerprint density at radius 3 is 2.70 bits per heavy atom. The molecular weight excluding hydrogens is 390 g/mol. The van der Waals surface area contributed by atoms with Gasteiger partial charge in [0.15, 0.2) is 0 Å². The van der Waals surface area contributed by atoms with Gasteiger partial charge in [0.1, 0.15) is 11.5 Å². The second-order valence-electron chi connectivity index (χ2n) is 6.60. The zero-order chi connectivity index (χ0) is 21.3. The van der Waals surface area contributed by atoms with Crippen molar-refractivity contribution in [2.24, 2.45) is 0 Å². The number of hydrogen-bond acceptors (Lipinski definition) is 7. The Morgan fingerprint density at radius 1 is 1.20 bits per heavy atom. The number of furan rings is 1. The summed E-state index contributed by atoms with van der Waals surface area (Å²) in [4.78, 5) is 41.5. The number of non-ortho nitro benzene ring substituents is 1. The lowest BCUT2D eigenvalue weighted by Gasteiger charge is -2.24. The second kappa shape index (κ2) is 7.63. The summed E-state index contributed by atoms with van der Waals surface area (Å²) in [6.45, 7) is 0.00283. The highest BCUT2D eigenvalue weighted by molar-refractivity contribution is 6.46. The molecule has 4 rings (SSSR count). The Balaban J connectivity index is 1.87. The Kier molecular flexibility index (Phi) is 4.85. The molecule has 1 aromatic carbocycles. The molecule has 0 saturated carbocycles. The summed E-state index contributed by atoms with van der Waals surface area (Å²) in [7, 11) is 0. The fourth-order valence-electron chi connectivity index (χ4n) is 3.42. The van der Waals surface area contributed by atoms with Gasteiger partial charge in [-0.2, -0.15) is 0 Å². The molecule has 30 heavy (non-hydrogen) atoms. The Morgan fingerprint density at radius 2 is 2.03 bits per heavy atom. The summed E-state index contributed by atoms with van der Waals surface area (Å²) in [5.41, 5.74) is 0.158. The SMILES string of the molecule is O=C1C(=O)N(Cc2ccco2)C(c2cccnc2)/C1=C(/O)c1cccc([N+](=O)[O-])c1. The third-order valence-electron chi connectivity index (χ3n) is 4.78. The minimum absolute atomic E-state index is 0.00283. The monoisotopic (exact) mass is 405 g/mol. The number of hydrogen-bond donors (Lipinski definition) is 1. The topological polar surface area (TPSA) is 127 Å². The van der Waals surface area contributed by atoms with Crippen molar-refractivity contribution >= 4 is 23.1 Å². The van der Waals surface area contributed by atoms with E-state index in [0.717, 1.165) is 6.07 Å². The third kappa shape index (κ3) is 3.32. The summed E-state index contributed by atoms with van der Waals surface area (Å²) in [6, 6.07) is 11.0. The van der Waals surface area contributed by atoms with Crippen molar-refractivity contribution in [3.05, 3.63) is 99.8 Å². The smallest absolute Gasteiger partial charge is 0.296 e. The number of likely N-dealkylation sites (tertiary alicyclic amines) is 1. The minimum Gasteiger partial charge on any atom is -0.507 e. The first kappa shape index (κ1) is 19.1. The zero-order valence-corrected chi connectivity index (χ0v) is 15.5. The predicted octanol–water partition coefficient (Wildman–Crippen LogP) is 3.20. The average molecular weight is 405 g/mol. The van der Waals surface area contributed by atoms with Crippen LogP contribution in [0, 0.1) is 10.1 Å². The van der Waals surface area contributed by atoms with Crippen LogP contribution in [0.4, 0.5) is 5.69 Å². The van der Waals surface area contributed by atoms with Gasteiger partial charge in [0.2, 0.25) is 0 Å². The number of nitro benzene ring substituents is 1. The van der Waals surface area contributed by atoms with Crippen LogP contribution in [0.1, 0.15) is 22.9 Å². The third-order valence-corrected chi connectivity index (χ3v) is 4.78. The molecule has 3 aromatic rings. The molecule has 2 aromatic heterocycles. The molecule has 0 bridgehead atoms. The van der Waals surface area contributed by atoms with Crippen LogP contribution >= 0.6 is 0 Å². The van der Waals surface area contributed by atoms with E-state index >= 15 is 0 Å². The average Bonchev–Trinajstić information content (AvgIpc) is 3.36. The number of benzene rings is 1. The van der Waals surface area contributed by atoms with Crippen LogP contribution in [-0.4, -0.2) is 31.6 Å². The maximum Gasteiger partial charge on any atom is 0.296 e.